The Labute approximate surface area is 93.1 Å². The minimum absolute atomic E-state index is 0.0676. The fourth-order valence-electron chi connectivity index (χ4n) is 0.920. The van der Waals surface area contributed by atoms with Gasteiger partial charge in [-0.2, -0.15) is 13.2 Å². The molecule has 0 saturated heterocycles. The molecule has 1 rings (SSSR count). The van der Waals surface area contributed by atoms with Gasteiger partial charge in [0.15, 0.2) is 18.1 Å². The first kappa shape index (κ1) is 12.2. The van der Waals surface area contributed by atoms with Crippen LogP contribution in [0.3, 0.4) is 0 Å². The minimum Gasteiger partial charge on any atom is -0.493 e. The van der Waals surface area contributed by atoms with Crippen molar-refractivity contribution in [3.05, 3.63) is 22.7 Å². The van der Waals surface area contributed by atoms with Gasteiger partial charge in [0.05, 0.1) is 7.11 Å². The molecule has 1 aromatic rings. The van der Waals surface area contributed by atoms with Crippen LogP contribution >= 0.6 is 15.9 Å². The Morgan fingerprint density at radius 2 is 1.93 bits per heavy atom. The van der Waals surface area contributed by atoms with Crippen LogP contribution < -0.4 is 9.47 Å². The molecule has 0 atom stereocenters. The minimum atomic E-state index is -4.35. The molecule has 0 fully saturated rings. The average molecular weight is 285 g/mol. The number of hydrogen-bond acceptors (Lipinski definition) is 2. The van der Waals surface area contributed by atoms with Gasteiger partial charge in [0, 0.05) is 4.47 Å². The number of halogens is 4. The Kier molecular flexibility index (Phi) is 3.84. The molecular formula is C9H8BrF3O2. The largest absolute Gasteiger partial charge is 0.493 e. The van der Waals surface area contributed by atoms with E-state index in [0.717, 1.165) is 0 Å². The normalized spacial score (nSPS) is 11.3. The van der Waals surface area contributed by atoms with Crippen molar-refractivity contribution in [1.82, 2.24) is 0 Å². The van der Waals surface area contributed by atoms with Gasteiger partial charge in [-0.1, -0.05) is 15.9 Å². The predicted molar refractivity (Wildman–Crippen MR) is 52.2 cm³/mol. The first-order valence-corrected chi connectivity index (χ1v) is 4.75. The van der Waals surface area contributed by atoms with Crippen molar-refractivity contribution in [3.8, 4) is 11.5 Å². The third-order valence-corrected chi connectivity index (χ3v) is 2.01. The molecule has 1 aromatic carbocycles. The van der Waals surface area contributed by atoms with E-state index in [9.17, 15) is 13.2 Å². The maximum Gasteiger partial charge on any atom is 0.422 e. The smallest absolute Gasteiger partial charge is 0.422 e. The predicted octanol–water partition coefficient (Wildman–Crippen LogP) is 3.40. The van der Waals surface area contributed by atoms with Crippen LogP contribution in [0.15, 0.2) is 22.7 Å². The number of hydrogen-bond donors (Lipinski definition) is 0. The van der Waals surface area contributed by atoms with E-state index in [0.29, 0.717) is 4.47 Å². The SMILES string of the molecule is COc1cc(Br)ccc1OCC(F)(F)F. The van der Waals surface area contributed by atoms with Crippen molar-refractivity contribution >= 4 is 15.9 Å². The summed E-state index contributed by atoms with van der Waals surface area (Å²) in [5.41, 5.74) is 0. The number of benzene rings is 1. The monoisotopic (exact) mass is 284 g/mol. The van der Waals surface area contributed by atoms with Gasteiger partial charge in [0.1, 0.15) is 0 Å². The van der Waals surface area contributed by atoms with E-state index in [-0.39, 0.29) is 11.5 Å². The van der Waals surface area contributed by atoms with E-state index in [1.54, 1.807) is 6.07 Å². The van der Waals surface area contributed by atoms with Crippen molar-refractivity contribution in [1.29, 1.82) is 0 Å². The molecule has 0 amide bonds. The van der Waals surface area contributed by atoms with E-state index in [4.69, 9.17) is 4.74 Å². The van der Waals surface area contributed by atoms with Gasteiger partial charge >= 0.3 is 6.18 Å². The Hall–Kier alpha value is -0.910. The molecule has 0 saturated carbocycles. The lowest BCUT2D eigenvalue weighted by molar-refractivity contribution is -0.153. The van der Waals surface area contributed by atoms with Gasteiger partial charge < -0.3 is 9.47 Å². The van der Waals surface area contributed by atoms with Crippen LogP contribution in [0.2, 0.25) is 0 Å². The quantitative estimate of drug-likeness (QED) is 0.847. The fraction of sp³-hybridized carbons (Fsp3) is 0.333. The molecule has 84 valence electrons. The molecule has 0 heterocycles. The van der Waals surface area contributed by atoms with Gasteiger partial charge in [-0.15, -0.1) is 0 Å². The third kappa shape index (κ3) is 3.99. The second-order valence-electron chi connectivity index (χ2n) is 2.70. The summed E-state index contributed by atoms with van der Waals surface area (Å²) in [6, 6.07) is 4.52. The number of rotatable bonds is 3. The second-order valence-corrected chi connectivity index (χ2v) is 3.61. The van der Waals surface area contributed by atoms with Crippen LogP contribution in [-0.2, 0) is 0 Å². The molecular weight excluding hydrogens is 277 g/mol. The van der Waals surface area contributed by atoms with E-state index in [1.807, 2.05) is 0 Å². The number of ether oxygens (including phenoxy) is 2. The van der Waals surface area contributed by atoms with Gasteiger partial charge in [0.2, 0.25) is 0 Å². The van der Waals surface area contributed by atoms with Gasteiger partial charge in [-0.05, 0) is 18.2 Å². The summed E-state index contributed by atoms with van der Waals surface area (Å²) < 4.78 is 45.8. The lowest BCUT2D eigenvalue weighted by atomic mass is 10.3. The second kappa shape index (κ2) is 4.74. The molecule has 0 bridgehead atoms. The van der Waals surface area contributed by atoms with Crippen molar-refractivity contribution in [2.75, 3.05) is 13.7 Å². The van der Waals surface area contributed by atoms with E-state index in [2.05, 4.69) is 20.7 Å². The van der Waals surface area contributed by atoms with Crippen molar-refractivity contribution < 1.29 is 22.6 Å². The summed E-state index contributed by atoms with van der Waals surface area (Å²) >= 11 is 3.17. The molecule has 0 aromatic heterocycles. The molecule has 0 aliphatic heterocycles. The highest BCUT2D eigenvalue weighted by Gasteiger charge is 2.28. The van der Waals surface area contributed by atoms with Crippen LogP contribution in [0.1, 0.15) is 0 Å². The summed E-state index contributed by atoms with van der Waals surface area (Å²) in [5, 5.41) is 0. The summed E-state index contributed by atoms with van der Waals surface area (Å²) in [5.74, 6) is 0.326. The highest BCUT2D eigenvalue weighted by atomic mass is 79.9. The molecule has 0 radical (unpaired) electrons. The molecule has 0 spiro atoms. The highest BCUT2D eigenvalue weighted by molar-refractivity contribution is 9.10. The molecule has 0 unspecified atom stereocenters. The molecule has 2 nitrogen and oxygen atoms in total. The molecule has 15 heavy (non-hydrogen) atoms. The van der Waals surface area contributed by atoms with Crippen LogP contribution in [0.5, 0.6) is 11.5 Å². The van der Waals surface area contributed by atoms with Crippen LogP contribution in [0.4, 0.5) is 13.2 Å². The zero-order valence-corrected chi connectivity index (χ0v) is 9.35. The van der Waals surface area contributed by atoms with Crippen LogP contribution in [-0.4, -0.2) is 19.9 Å². The first-order chi connectivity index (χ1) is 6.92. The first-order valence-electron chi connectivity index (χ1n) is 3.95. The fourth-order valence-corrected chi connectivity index (χ4v) is 1.26. The van der Waals surface area contributed by atoms with Crippen molar-refractivity contribution in [3.63, 3.8) is 0 Å². The lowest BCUT2D eigenvalue weighted by Crippen LogP contribution is -2.19. The molecule has 0 aliphatic rings. The Bertz CT molecular complexity index is 339. The highest BCUT2D eigenvalue weighted by Crippen LogP contribution is 2.31. The van der Waals surface area contributed by atoms with E-state index < -0.39 is 12.8 Å². The van der Waals surface area contributed by atoms with Gasteiger partial charge in [-0.3, -0.25) is 0 Å². The zero-order valence-electron chi connectivity index (χ0n) is 7.77. The Morgan fingerprint density at radius 1 is 1.27 bits per heavy atom. The van der Waals surface area contributed by atoms with Crippen molar-refractivity contribution in [2.24, 2.45) is 0 Å². The van der Waals surface area contributed by atoms with Gasteiger partial charge in [0.25, 0.3) is 0 Å². The average Bonchev–Trinajstić information content (AvgIpc) is 2.14. The summed E-state index contributed by atoms with van der Waals surface area (Å²) in [6.07, 6.45) is -4.35. The molecule has 6 heteroatoms. The number of alkyl halides is 3. The van der Waals surface area contributed by atoms with Crippen LogP contribution in [0.25, 0.3) is 0 Å². The molecule has 0 aliphatic carbocycles. The summed E-state index contributed by atoms with van der Waals surface area (Å²) in [7, 11) is 1.36. The van der Waals surface area contributed by atoms with E-state index in [1.165, 1.54) is 19.2 Å². The Balaban J connectivity index is 2.76. The van der Waals surface area contributed by atoms with E-state index >= 15 is 0 Å². The molecule has 0 N–H and O–H groups in total. The van der Waals surface area contributed by atoms with Crippen LogP contribution in [0, 0.1) is 0 Å². The zero-order chi connectivity index (χ0) is 11.5. The maximum atomic E-state index is 11.9. The van der Waals surface area contributed by atoms with Gasteiger partial charge in [-0.25, -0.2) is 0 Å². The maximum absolute atomic E-state index is 11.9. The summed E-state index contributed by atoms with van der Waals surface area (Å²) in [4.78, 5) is 0. The third-order valence-electron chi connectivity index (χ3n) is 1.52. The van der Waals surface area contributed by atoms with Crippen molar-refractivity contribution in [2.45, 2.75) is 6.18 Å². The Morgan fingerprint density at radius 3 is 2.47 bits per heavy atom. The number of methoxy groups -OCH3 is 1. The summed E-state index contributed by atoms with van der Waals surface area (Å²) in [6.45, 7) is -1.33. The lowest BCUT2D eigenvalue weighted by Gasteiger charge is -2.12. The topological polar surface area (TPSA) is 18.5 Å². The standard InChI is InChI=1S/C9H8BrF3O2/c1-14-8-4-6(10)2-3-7(8)15-5-9(11,12)13/h2-4H,5H2,1H3.